The minimum absolute atomic E-state index is 0.134. The number of hydrogen-bond donors (Lipinski definition) is 7. The number of carbonyl (C=O) groups excluding carboxylic acids is 4. The van der Waals surface area contributed by atoms with Crippen LogP contribution in [0.1, 0.15) is 62.5 Å². The predicted octanol–water partition coefficient (Wildman–Crippen LogP) is 1.21. The number of rotatable bonds is 16. The van der Waals surface area contributed by atoms with Crippen molar-refractivity contribution in [2.45, 2.75) is 94.4 Å². The quantitative estimate of drug-likeness (QED) is 0.0799. The number of carboxylic acid groups (broad SMARTS) is 1. The summed E-state index contributed by atoms with van der Waals surface area (Å²) in [4.78, 5) is 66.8. The van der Waals surface area contributed by atoms with Gasteiger partial charge in [0.1, 0.15) is 18.1 Å². The lowest BCUT2D eigenvalue weighted by Gasteiger charge is -2.38. The summed E-state index contributed by atoms with van der Waals surface area (Å²) < 4.78 is 0. The van der Waals surface area contributed by atoms with Crippen molar-refractivity contribution in [2.75, 3.05) is 6.54 Å². The molecule has 0 bridgehead atoms. The molecule has 252 valence electrons. The number of guanidine groups is 1. The number of carbonyl (C=O) groups is 5. The van der Waals surface area contributed by atoms with E-state index in [-0.39, 0.29) is 43.1 Å². The van der Waals surface area contributed by atoms with Crippen LogP contribution in [0.2, 0.25) is 0 Å². The number of nitrogens with two attached hydrogens (primary N) is 1. The average Bonchev–Trinajstić information content (AvgIpc) is 3.48. The van der Waals surface area contributed by atoms with Crippen LogP contribution in [0.25, 0.3) is 0 Å². The van der Waals surface area contributed by atoms with Gasteiger partial charge in [-0.15, -0.1) is 0 Å². The van der Waals surface area contributed by atoms with Gasteiger partial charge in [0.25, 0.3) is 0 Å². The zero-order chi connectivity index (χ0) is 33.8. The molecule has 4 amide bonds. The zero-order valence-corrected chi connectivity index (χ0v) is 26.5. The lowest BCUT2D eigenvalue weighted by Crippen LogP contribution is -2.60. The third-order valence-corrected chi connectivity index (χ3v) is 8.70. The Morgan fingerprint density at radius 1 is 0.915 bits per heavy atom. The fourth-order valence-corrected chi connectivity index (χ4v) is 6.37. The van der Waals surface area contributed by atoms with E-state index < -0.39 is 42.0 Å². The highest BCUT2D eigenvalue weighted by Gasteiger charge is 2.46. The summed E-state index contributed by atoms with van der Waals surface area (Å²) in [5.41, 5.74) is 7.22. The summed E-state index contributed by atoms with van der Waals surface area (Å²) in [5.74, 6) is -2.85. The maximum absolute atomic E-state index is 13.7. The number of hydrogen-bond acceptors (Lipinski definition) is 6. The minimum Gasteiger partial charge on any atom is -0.481 e. The normalized spacial score (nSPS) is 20.0. The number of carboxylic acids is 1. The second-order valence-corrected chi connectivity index (χ2v) is 12.2. The van der Waals surface area contributed by atoms with Gasteiger partial charge < -0.3 is 37.0 Å². The first-order valence-electron chi connectivity index (χ1n) is 16.2. The van der Waals surface area contributed by atoms with Crippen LogP contribution < -0.4 is 27.0 Å². The number of fused-ring (bicyclic) bond motifs is 1. The SMILES string of the molecule is N=C(N)NCCC[C@H](NC(=O)[C@@H]1CCC2CCC(NC(=O)Cc3ccccc3)C(=O)N21)C(=O)N[C@@H](CCc1ccccc1)CC(=O)O. The van der Waals surface area contributed by atoms with Gasteiger partial charge in [0.05, 0.1) is 12.8 Å². The maximum Gasteiger partial charge on any atom is 0.305 e. The van der Waals surface area contributed by atoms with Crippen molar-refractivity contribution in [2.24, 2.45) is 5.73 Å². The highest BCUT2D eigenvalue weighted by atomic mass is 16.4. The number of aliphatic carboxylic acids is 1. The van der Waals surface area contributed by atoms with Gasteiger partial charge in [-0.2, -0.15) is 0 Å². The van der Waals surface area contributed by atoms with Gasteiger partial charge in [-0.3, -0.25) is 29.4 Å². The molecule has 2 fully saturated rings. The van der Waals surface area contributed by atoms with E-state index in [0.717, 1.165) is 11.1 Å². The molecule has 13 heteroatoms. The molecule has 0 aliphatic carbocycles. The molecule has 2 saturated heterocycles. The molecule has 2 aromatic rings. The summed E-state index contributed by atoms with van der Waals surface area (Å²) in [6, 6.07) is 15.4. The van der Waals surface area contributed by atoms with Crippen LogP contribution in [-0.4, -0.2) is 82.3 Å². The fraction of sp³-hybridized carbons (Fsp3) is 0.471. The molecule has 8 N–H and O–H groups in total. The Balaban J connectivity index is 1.41. The summed E-state index contributed by atoms with van der Waals surface area (Å²) in [6.45, 7) is 0.294. The molecular weight excluding hydrogens is 602 g/mol. The van der Waals surface area contributed by atoms with Crippen molar-refractivity contribution in [1.82, 2.24) is 26.2 Å². The first kappa shape index (κ1) is 34.9. The van der Waals surface area contributed by atoms with Gasteiger partial charge in [0.2, 0.25) is 23.6 Å². The molecule has 4 rings (SSSR count). The van der Waals surface area contributed by atoms with E-state index in [1.807, 2.05) is 60.7 Å². The summed E-state index contributed by atoms with van der Waals surface area (Å²) in [7, 11) is 0. The lowest BCUT2D eigenvalue weighted by molar-refractivity contribution is -0.146. The maximum atomic E-state index is 13.7. The predicted molar refractivity (Wildman–Crippen MR) is 175 cm³/mol. The molecule has 13 nitrogen and oxygen atoms in total. The van der Waals surface area contributed by atoms with Crippen LogP contribution in [-0.2, 0) is 36.8 Å². The molecule has 2 aliphatic rings. The summed E-state index contributed by atoms with van der Waals surface area (Å²) in [5, 5.41) is 28.1. The molecule has 2 heterocycles. The van der Waals surface area contributed by atoms with E-state index in [2.05, 4.69) is 21.3 Å². The molecule has 2 aromatic carbocycles. The van der Waals surface area contributed by atoms with Crippen LogP contribution in [0.4, 0.5) is 0 Å². The summed E-state index contributed by atoms with van der Waals surface area (Å²) >= 11 is 0. The number of piperidine rings is 1. The molecule has 47 heavy (non-hydrogen) atoms. The Kier molecular flexibility index (Phi) is 12.7. The van der Waals surface area contributed by atoms with Crippen molar-refractivity contribution in [3.63, 3.8) is 0 Å². The van der Waals surface area contributed by atoms with Gasteiger partial charge in [0.15, 0.2) is 5.96 Å². The number of aryl methyl sites for hydroxylation is 1. The van der Waals surface area contributed by atoms with E-state index in [4.69, 9.17) is 11.1 Å². The third-order valence-electron chi connectivity index (χ3n) is 8.70. The smallest absolute Gasteiger partial charge is 0.305 e. The first-order chi connectivity index (χ1) is 22.6. The molecule has 2 unspecified atom stereocenters. The largest absolute Gasteiger partial charge is 0.481 e. The van der Waals surface area contributed by atoms with E-state index in [1.165, 1.54) is 0 Å². The van der Waals surface area contributed by atoms with Crippen LogP contribution in [0.5, 0.6) is 0 Å². The van der Waals surface area contributed by atoms with Crippen molar-refractivity contribution in [3.8, 4) is 0 Å². The van der Waals surface area contributed by atoms with Crippen molar-refractivity contribution in [3.05, 3.63) is 71.8 Å². The minimum atomic E-state index is -1.05. The summed E-state index contributed by atoms with van der Waals surface area (Å²) in [6.07, 6.45) is 3.56. The standard InChI is InChI=1S/C34H45N7O6/c35-34(36)37-19-7-12-26(31(45)38-24(21-30(43)44)14-13-22-8-3-1-4-9-22)40-32(46)28-18-16-25-15-17-27(33(47)41(25)28)39-29(42)20-23-10-5-2-6-11-23/h1-6,8-11,24-28H,7,12-21H2,(H,38,45)(H,39,42)(H,40,46)(H,43,44)(H4,35,36,37)/t24-,25?,26-,27?,28-/m0/s1. The molecule has 0 saturated carbocycles. The van der Waals surface area contributed by atoms with Gasteiger partial charge in [0, 0.05) is 18.6 Å². The number of benzene rings is 2. The van der Waals surface area contributed by atoms with E-state index in [9.17, 15) is 29.1 Å². The average molecular weight is 648 g/mol. The Labute approximate surface area is 274 Å². The topological polar surface area (TPSA) is 207 Å². The third kappa shape index (κ3) is 10.5. The van der Waals surface area contributed by atoms with Gasteiger partial charge in [-0.25, -0.2) is 0 Å². The van der Waals surface area contributed by atoms with Crippen molar-refractivity contribution < 1.29 is 29.1 Å². The lowest BCUT2D eigenvalue weighted by atomic mass is 9.97. The molecule has 2 aliphatic heterocycles. The van der Waals surface area contributed by atoms with Crippen LogP contribution in [0.15, 0.2) is 60.7 Å². The van der Waals surface area contributed by atoms with Gasteiger partial charge in [-0.1, -0.05) is 60.7 Å². The fourth-order valence-electron chi connectivity index (χ4n) is 6.37. The molecule has 0 spiro atoms. The molecule has 0 aromatic heterocycles. The highest BCUT2D eigenvalue weighted by molar-refractivity contribution is 5.95. The van der Waals surface area contributed by atoms with E-state index in [0.29, 0.717) is 51.5 Å². The van der Waals surface area contributed by atoms with Crippen molar-refractivity contribution in [1.29, 1.82) is 5.41 Å². The molecular formula is C34H45N7O6. The highest BCUT2D eigenvalue weighted by Crippen LogP contribution is 2.33. The zero-order valence-electron chi connectivity index (χ0n) is 26.5. The first-order valence-corrected chi connectivity index (χ1v) is 16.2. The Morgan fingerprint density at radius 2 is 1.57 bits per heavy atom. The Morgan fingerprint density at radius 3 is 2.23 bits per heavy atom. The van der Waals surface area contributed by atoms with Gasteiger partial charge in [-0.05, 0) is 62.5 Å². The Hall–Kier alpha value is -4.94. The second-order valence-electron chi connectivity index (χ2n) is 12.2. The van der Waals surface area contributed by atoms with Crippen LogP contribution in [0.3, 0.4) is 0 Å². The van der Waals surface area contributed by atoms with Crippen molar-refractivity contribution >= 4 is 35.6 Å². The number of amides is 4. The monoisotopic (exact) mass is 647 g/mol. The van der Waals surface area contributed by atoms with Crippen LogP contribution >= 0.6 is 0 Å². The number of nitrogens with zero attached hydrogens (tertiary/aromatic N) is 1. The van der Waals surface area contributed by atoms with E-state index >= 15 is 0 Å². The van der Waals surface area contributed by atoms with E-state index in [1.54, 1.807) is 4.90 Å². The molecule has 0 radical (unpaired) electrons. The molecule has 5 atom stereocenters. The Bertz CT molecular complexity index is 1410. The second kappa shape index (κ2) is 17.1. The van der Waals surface area contributed by atoms with Gasteiger partial charge >= 0.3 is 5.97 Å². The van der Waals surface area contributed by atoms with Crippen LogP contribution in [0, 0.1) is 5.41 Å². The number of nitrogens with one attached hydrogen (secondary N) is 5.